The van der Waals surface area contributed by atoms with Crippen molar-refractivity contribution in [2.24, 2.45) is 7.05 Å². The van der Waals surface area contributed by atoms with E-state index in [1.54, 1.807) is 17.0 Å². The second-order valence-corrected chi connectivity index (χ2v) is 4.13. The third kappa shape index (κ3) is 1.87. The normalized spacial score (nSPS) is 15.4. The standard InChI is InChI=1S/C12H17N3O/c1-3-6-10-9-13-14(2)11(10)12(16)15-7-4-5-8-15/h3,9H,1,4-8H2,2H3. The summed E-state index contributed by atoms with van der Waals surface area (Å²) in [6.07, 6.45) is 6.48. The number of aromatic nitrogens is 2. The van der Waals surface area contributed by atoms with Gasteiger partial charge in [0.1, 0.15) is 5.69 Å². The molecular formula is C12H17N3O. The average molecular weight is 219 g/mol. The molecular weight excluding hydrogens is 202 g/mol. The number of carbonyl (C=O) groups excluding carboxylic acids is 1. The third-order valence-corrected chi connectivity index (χ3v) is 2.97. The van der Waals surface area contributed by atoms with Gasteiger partial charge in [0, 0.05) is 25.7 Å². The molecule has 0 aliphatic carbocycles. The molecule has 1 aromatic heterocycles. The van der Waals surface area contributed by atoms with Gasteiger partial charge in [0.25, 0.3) is 5.91 Å². The Bertz CT molecular complexity index is 402. The molecule has 1 amide bonds. The van der Waals surface area contributed by atoms with Crippen LogP contribution in [0, 0.1) is 0 Å². The van der Waals surface area contributed by atoms with Crippen molar-refractivity contribution in [1.82, 2.24) is 14.7 Å². The first-order valence-electron chi connectivity index (χ1n) is 5.65. The number of likely N-dealkylation sites (tertiary alicyclic amines) is 1. The van der Waals surface area contributed by atoms with E-state index in [9.17, 15) is 4.79 Å². The molecule has 0 atom stereocenters. The highest BCUT2D eigenvalue weighted by Gasteiger charge is 2.24. The van der Waals surface area contributed by atoms with E-state index in [-0.39, 0.29) is 5.91 Å². The fourth-order valence-corrected chi connectivity index (χ4v) is 2.13. The Morgan fingerprint density at radius 3 is 2.88 bits per heavy atom. The second kappa shape index (κ2) is 4.51. The van der Waals surface area contributed by atoms with Gasteiger partial charge >= 0.3 is 0 Å². The maximum Gasteiger partial charge on any atom is 0.272 e. The summed E-state index contributed by atoms with van der Waals surface area (Å²) >= 11 is 0. The van der Waals surface area contributed by atoms with Crippen molar-refractivity contribution in [3.8, 4) is 0 Å². The zero-order chi connectivity index (χ0) is 11.5. The molecule has 0 spiro atoms. The van der Waals surface area contributed by atoms with Gasteiger partial charge in [-0.2, -0.15) is 5.10 Å². The zero-order valence-corrected chi connectivity index (χ0v) is 9.65. The molecule has 1 aromatic rings. The van der Waals surface area contributed by atoms with Crippen LogP contribution in [0.2, 0.25) is 0 Å². The largest absolute Gasteiger partial charge is 0.337 e. The molecule has 1 saturated heterocycles. The van der Waals surface area contributed by atoms with Crippen LogP contribution in [0.3, 0.4) is 0 Å². The van der Waals surface area contributed by atoms with Gasteiger partial charge in [-0.05, 0) is 19.3 Å². The van der Waals surface area contributed by atoms with E-state index in [1.165, 1.54) is 0 Å². The summed E-state index contributed by atoms with van der Waals surface area (Å²) in [4.78, 5) is 14.2. The molecule has 1 fully saturated rings. The number of hydrogen-bond acceptors (Lipinski definition) is 2. The molecule has 0 saturated carbocycles. The summed E-state index contributed by atoms with van der Waals surface area (Å²) in [5.74, 6) is 0.106. The Hall–Kier alpha value is -1.58. The lowest BCUT2D eigenvalue weighted by atomic mass is 10.1. The monoisotopic (exact) mass is 219 g/mol. The van der Waals surface area contributed by atoms with E-state index < -0.39 is 0 Å². The van der Waals surface area contributed by atoms with E-state index in [2.05, 4.69) is 11.7 Å². The molecule has 2 rings (SSSR count). The number of carbonyl (C=O) groups is 1. The zero-order valence-electron chi connectivity index (χ0n) is 9.65. The molecule has 0 N–H and O–H groups in total. The first kappa shape index (κ1) is 10.9. The summed E-state index contributed by atoms with van der Waals surface area (Å²) in [5.41, 5.74) is 1.68. The van der Waals surface area contributed by atoms with E-state index in [0.717, 1.165) is 31.5 Å². The van der Waals surface area contributed by atoms with Gasteiger partial charge in [0.2, 0.25) is 0 Å². The maximum atomic E-state index is 12.3. The summed E-state index contributed by atoms with van der Waals surface area (Å²) in [6.45, 7) is 5.45. The SMILES string of the molecule is C=CCc1cnn(C)c1C(=O)N1CCCC1. The van der Waals surface area contributed by atoms with E-state index in [1.807, 2.05) is 11.9 Å². The topological polar surface area (TPSA) is 38.1 Å². The van der Waals surface area contributed by atoms with Crippen LogP contribution < -0.4 is 0 Å². The lowest BCUT2D eigenvalue weighted by molar-refractivity contribution is 0.0781. The number of hydrogen-bond donors (Lipinski definition) is 0. The highest BCUT2D eigenvalue weighted by Crippen LogP contribution is 2.16. The van der Waals surface area contributed by atoms with Gasteiger partial charge in [-0.3, -0.25) is 9.48 Å². The summed E-state index contributed by atoms with van der Waals surface area (Å²) < 4.78 is 1.67. The smallest absolute Gasteiger partial charge is 0.272 e. The van der Waals surface area contributed by atoms with Gasteiger partial charge in [0.15, 0.2) is 0 Å². The Morgan fingerprint density at radius 2 is 2.25 bits per heavy atom. The highest BCUT2D eigenvalue weighted by atomic mass is 16.2. The number of allylic oxidation sites excluding steroid dienone is 1. The predicted octanol–water partition coefficient (Wildman–Crippen LogP) is 1.38. The van der Waals surface area contributed by atoms with Gasteiger partial charge < -0.3 is 4.90 Å². The lowest BCUT2D eigenvalue weighted by Crippen LogP contribution is -2.30. The van der Waals surface area contributed by atoms with Crippen LogP contribution in [0.25, 0.3) is 0 Å². The van der Waals surface area contributed by atoms with Crippen LogP contribution >= 0.6 is 0 Å². The van der Waals surface area contributed by atoms with Gasteiger partial charge in [-0.15, -0.1) is 6.58 Å². The van der Waals surface area contributed by atoms with Crippen molar-refractivity contribution in [3.05, 3.63) is 30.1 Å². The third-order valence-electron chi connectivity index (χ3n) is 2.97. The maximum absolute atomic E-state index is 12.3. The molecule has 2 heterocycles. The van der Waals surface area contributed by atoms with Gasteiger partial charge in [-0.25, -0.2) is 0 Å². The molecule has 0 bridgehead atoms. The number of rotatable bonds is 3. The predicted molar refractivity (Wildman–Crippen MR) is 62.2 cm³/mol. The first-order valence-corrected chi connectivity index (χ1v) is 5.65. The van der Waals surface area contributed by atoms with Crippen LogP contribution in [-0.4, -0.2) is 33.7 Å². The molecule has 86 valence electrons. The van der Waals surface area contributed by atoms with Crippen LogP contribution in [-0.2, 0) is 13.5 Å². The Labute approximate surface area is 95.5 Å². The number of amides is 1. The lowest BCUT2D eigenvalue weighted by Gasteiger charge is -2.16. The van der Waals surface area contributed by atoms with Crippen LogP contribution in [0.5, 0.6) is 0 Å². The van der Waals surface area contributed by atoms with Crippen LogP contribution in [0.4, 0.5) is 0 Å². The van der Waals surface area contributed by atoms with Crippen molar-refractivity contribution >= 4 is 5.91 Å². The van der Waals surface area contributed by atoms with Crippen molar-refractivity contribution < 1.29 is 4.79 Å². The average Bonchev–Trinajstić information content (AvgIpc) is 2.88. The number of aryl methyl sites for hydroxylation is 1. The molecule has 4 heteroatoms. The van der Waals surface area contributed by atoms with Crippen LogP contribution in [0.15, 0.2) is 18.9 Å². The molecule has 16 heavy (non-hydrogen) atoms. The van der Waals surface area contributed by atoms with Gasteiger partial charge in [-0.1, -0.05) is 6.08 Å². The molecule has 4 nitrogen and oxygen atoms in total. The van der Waals surface area contributed by atoms with Crippen molar-refractivity contribution in [3.63, 3.8) is 0 Å². The molecule has 0 radical (unpaired) electrons. The van der Waals surface area contributed by atoms with Crippen LogP contribution in [0.1, 0.15) is 28.9 Å². The minimum atomic E-state index is 0.106. The fourth-order valence-electron chi connectivity index (χ4n) is 2.13. The quantitative estimate of drug-likeness (QED) is 0.720. The summed E-state index contributed by atoms with van der Waals surface area (Å²) in [5, 5.41) is 4.15. The Kier molecular flexibility index (Phi) is 3.08. The second-order valence-electron chi connectivity index (χ2n) is 4.13. The highest BCUT2D eigenvalue weighted by molar-refractivity contribution is 5.94. The minimum absolute atomic E-state index is 0.106. The molecule has 0 unspecified atom stereocenters. The molecule has 0 aromatic carbocycles. The summed E-state index contributed by atoms with van der Waals surface area (Å²) in [6, 6.07) is 0. The minimum Gasteiger partial charge on any atom is -0.337 e. The Balaban J connectivity index is 2.26. The van der Waals surface area contributed by atoms with E-state index in [0.29, 0.717) is 12.1 Å². The van der Waals surface area contributed by atoms with Gasteiger partial charge in [0.05, 0.1) is 6.20 Å². The van der Waals surface area contributed by atoms with Crippen molar-refractivity contribution in [1.29, 1.82) is 0 Å². The van der Waals surface area contributed by atoms with E-state index in [4.69, 9.17) is 0 Å². The Morgan fingerprint density at radius 1 is 1.56 bits per heavy atom. The molecule has 1 aliphatic rings. The first-order chi connectivity index (χ1) is 7.74. The van der Waals surface area contributed by atoms with Crippen molar-refractivity contribution in [2.45, 2.75) is 19.3 Å². The fraction of sp³-hybridized carbons (Fsp3) is 0.500. The molecule has 1 aliphatic heterocycles. The van der Waals surface area contributed by atoms with Crippen molar-refractivity contribution in [2.75, 3.05) is 13.1 Å². The van der Waals surface area contributed by atoms with E-state index >= 15 is 0 Å². The number of nitrogens with zero attached hydrogens (tertiary/aromatic N) is 3. The summed E-state index contributed by atoms with van der Waals surface area (Å²) in [7, 11) is 1.82.